The van der Waals surface area contributed by atoms with Crippen LogP contribution in [0.4, 0.5) is 4.39 Å². The maximum atomic E-state index is 13.2. The van der Waals surface area contributed by atoms with Crippen LogP contribution in [-0.4, -0.2) is 27.5 Å². The monoisotopic (exact) mass is 422 g/mol. The molecule has 0 aliphatic rings. The SMILES string of the molecule is COc1ccc(C(=O)NC(c2ccc(F)cc2)C(C)C)cc1S(=O)(=O)NC(C)C. The van der Waals surface area contributed by atoms with Crippen molar-refractivity contribution in [3.8, 4) is 5.75 Å². The van der Waals surface area contributed by atoms with Gasteiger partial charge in [0.05, 0.1) is 13.2 Å². The van der Waals surface area contributed by atoms with Crippen molar-refractivity contribution >= 4 is 15.9 Å². The highest BCUT2D eigenvalue weighted by atomic mass is 32.2. The molecule has 0 bridgehead atoms. The van der Waals surface area contributed by atoms with Crippen molar-refractivity contribution < 1.29 is 22.3 Å². The lowest BCUT2D eigenvalue weighted by Crippen LogP contribution is -2.33. The van der Waals surface area contributed by atoms with E-state index in [9.17, 15) is 17.6 Å². The van der Waals surface area contributed by atoms with Crippen molar-refractivity contribution in [2.45, 2.75) is 44.7 Å². The second-order valence-electron chi connectivity index (χ2n) is 7.39. The molecule has 0 aliphatic carbocycles. The van der Waals surface area contributed by atoms with Gasteiger partial charge in [0, 0.05) is 11.6 Å². The minimum Gasteiger partial charge on any atom is -0.495 e. The molecule has 0 aliphatic heterocycles. The number of methoxy groups -OCH3 is 1. The Morgan fingerprint density at radius 2 is 1.66 bits per heavy atom. The largest absolute Gasteiger partial charge is 0.495 e. The molecular formula is C21H27FN2O4S. The van der Waals surface area contributed by atoms with Gasteiger partial charge in [0.25, 0.3) is 5.91 Å². The van der Waals surface area contributed by atoms with Gasteiger partial charge in [-0.05, 0) is 55.7 Å². The number of nitrogens with one attached hydrogen (secondary N) is 2. The third-order valence-electron chi connectivity index (χ3n) is 4.29. The van der Waals surface area contributed by atoms with Gasteiger partial charge in [-0.25, -0.2) is 17.5 Å². The first kappa shape index (κ1) is 22.8. The van der Waals surface area contributed by atoms with E-state index in [1.54, 1.807) is 26.0 Å². The summed E-state index contributed by atoms with van der Waals surface area (Å²) in [6.07, 6.45) is 0. The summed E-state index contributed by atoms with van der Waals surface area (Å²) in [7, 11) is -2.49. The molecule has 0 aromatic heterocycles. The Balaban J connectivity index is 2.37. The van der Waals surface area contributed by atoms with Gasteiger partial charge < -0.3 is 10.1 Å². The molecule has 0 radical (unpaired) electrons. The Labute approximate surface area is 171 Å². The summed E-state index contributed by atoms with van der Waals surface area (Å²) in [4.78, 5) is 12.8. The fourth-order valence-electron chi connectivity index (χ4n) is 2.93. The number of carbonyl (C=O) groups is 1. The second-order valence-corrected chi connectivity index (χ2v) is 9.07. The highest BCUT2D eigenvalue weighted by Gasteiger charge is 2.24. The molecule has 1 unspecified atom stereocenters. The van der Waals surface area contributed by atoms with E-state index in [4.69, 9.17) is 4.74 Å². The van der Waals surface area contributed by atoms with Gasteiger partial charge in [0.2, 0.25) is 10.0 Å². The van der Waals surface area contributed by atoms with Crippen molar-refractivity contribution in [3.05, 3.63) is 59.4 Å². The standard InChI is InChI=1S/C21H27FN2O4S/c1-13(2)20(15-6-9-17(22)10-7-15)23-21(25)16-8-11-18(28-5)19(12-16)29(26,27)24-14(3)4/h6-14,20,24H,1-5H3,(H,23,25). The van der Waals surface area contributed by atoms with Crippen LogP contribution < -0.4 is 14.8 Å². The van der Waals surface area contributed by atoms with Crippen LogP contribution in [-0.2, 0) is 10.0 Å². The minimum atomic E-state index is -3.86. The van der Waals surface area contributed by atoms with Crippen molar-refractivity contribution in [1.29, 1.82) is 0 Å². The van der Waals surface area contributed by atoms with Crippen LogP contribution in [0.5, 0.6) is 5.75 Å². The number of carbonyl (C=O) groups excluding carboxylic acids is 1. The number of benzene rings is 2. The van der Waals surface area contributed by atoms with Crippen LogP contribution >= 0.6 is 0 Å². The molecule has 2 rings (SSSR count). The third kappa shape index (κ3) is 5.77. The Morgan fingerprint density at radius 3 is 2.17 bits per heavy atom. The van der Waals surface area contributed by atoms with E-state index >= 15 is 0 Å². The summed E-state index contributed by atoms with van der Waals surface area (Å²) in [6.45, 7) is 7.28. The first-order chi connectivity index (χ1) is 13.5. The molecule has 29 heavy (non-hydrogen) atoms. The van der Waals surface area contributed by atoms with Crippen molar-refractivity contribution in [2.75, 3.05) is 7.11 Å². The zero-order valence-electron chi connectivity index (χ0n) is 17.2. The summed E-state index contributed by atoms with van der Waals surface area (Å²) in [6, 6.07) is 9.49. The minimum absolute atomic E-state index is 0.0356. The van der Waals surface area contributed by atoms with Crippen molar-refractivity contribution in [3.63, 3.8) is 0 Å². The maximum Gasteiger partial charge on any atom is 0.251 e. The molecule has 1 amide bonds. The zero-order valence-corrected chi connectivity index (χ0v) is 18.0. The molecule has 0 saturated heterocycles. The third-order valence-corrected chi connectivity index (χ3v) is 5.97. The molecular weight excluding hydrogens is 395 g/mol. The van der Waals surface area contributed by atoms with Crippen LogP contribution in [0.25, 0.3) is 0 Å². The predicted octanol–water partition coefficient (Wildman–Crippen LogP) is 3.65. The van der Waals surface area contributed by atoms with Gasteiger partial charge in [-0.2, -0.15) is 0 Å². The zero-order chi connectivity index (χ0) is 21.8. The summed E-state index contributed by atoms with van der Waals surface area (Å²) in [5, 5.41) is 2.91. The van der Waals surface area contributed by atoms with Crippen LogP contribution in [0.2, 0.25) is 0 Å². The van der Waals surface area contributed by atoms with Gasteiger partial charge >= 0.3 is 0 Å². The molecule has 2 aromatic rings. The average molecular weight is 423 g/mol. The fraction of sp³-hybridized carbons (Fsp3) is 0.381. The van der Waals surface area contributed by atoms with Gasteiger partial charge in [0.1, 0.15) is 16.5 Å². The highest BCUT2D eigenvalue weighted by Crippen LogP contribution is 2.27. The molecule has 0 saturated carbocycles. The van der Waals surface area contributed by atoms with Crippen LogP contribution in [0.1, 0.15) is 49.7 Å². The van der Waals surface area contributed by atoms with Gasteiger partial charge in [-0.3, -0.25) is 4.79 Å². The number of amides is 1. The molecule has 1 atom stereocenters. The van der Waals surface area contributed by atoms with E-state index in [0.717, 1.165) is 5.56 Å². The maximum absolute atomic E-state index is 13.2. The summed E-state index contributed by atoms with van der Waals surface area (Å²) in [5.74, 6) is -0.607. The molecule has 0 heterocycles. The van der Waals surface area contributed by atoms with Crippen LogP contribution in [0.3, 0.4) is 0 Å². The summed E-state index contributed by atoms with van der Waals surface area (Å²) >= 11 is 0. The van der Waals surface area contributed by atoms with Crippen molar-refractivity contribution in [2.24, 2.45) is 5.92 Å². The smallest absolute Gasteiger partial charge is 0.251 e. The molecule has 6 nitrogen and oxygen atoms in total. The number of hydrogen-bond acceptors (Lipinski definition) is 4. The molecule has 2 aromatic carbocycles. The fourth-order valence-corrected chi connectivity index (χ4v) is 4.38. The van der Waals surface area contributed by atoms with Crippen LogP contribution in [0.15, 0.2) is 47.4 Å². The average Bonchev–Trinajstić information content (AvgIpc) is 2.65. The quantitative estimate of drug-likeness (QED) is 0.680. The first-order valence-corrected chi connectivity index (χ1v) is 10.8. The normalized spacial score (nSPS) is 12.8. The molecule has 2 N–H and O–H groups in total. The van der Waals surface area contributed by atoms with Gasteiger partial charge in [-0.1, -0.05) is 26.0 Å². The molecule has 8 heteroatoms. The van der Waals surface area contributed by atoms with Gasteiger partial charge in [0.15, 0.2) is 0 Å². The van der Waals surface area contributed by atoms with Crippen molar-refractivity contribution in [1.82, 2.24) is 10.0 Å². The lowest BCUT2D eigenvalue weighted by molar-refractivity contribution is 0.0925. The first-order valence-electron chi connectivity index (χ1n) is 9.32. The number of ether oxygens (including phenoxy) is 1. The lowest BCUT2D eigenvalue weighted by Gasteiger charge is -2.23. The molecule has 158 valence electrons. The van der Waals surface area contributed by atoms with E-state index in [1.165, 1.54) is 37.4 Å². The number of sulfonamides is 1. The number of halogens is 1. The van der Waals surface area contributed by atoms with E-state index < -0.39 is 15.9 Å². The predicted molar refractivity (Wildman–Crippen MR) is 110 cm³/mol. The Bertz CT molecular complexity index is 957. The molecule has 0 spiro atoms. The van der Waals surface area contributed by atoms with Crippen LogP contribution in [0, 0.1) is 11.7 Å². The Hall–Kier alpha value is -2.45. The number of rotatable bonds is 8. The van der Waals surface area contributed by atoms with E-state index in [0.29, 0.717) is 0 Å². The van der Waals surface area contributed by atoms with E-state index in [1.807, 2.05) is 13.8 Å². The number of hydrogen-bond donors (Lipinski definition) is 2. The Morgan fingerprint density at radius 1 is 1.03 bits per heavy atom. The second kappa shape index (κ2) is 9.37. The van der Waals surface area contributed by atoms with E-state index in [-0.39, 0.29) is 40.0 Å². The molecule has 0 fully saturated rings. The highest BCUT2D eigenvalue weighted by molar-refractivity contribution is 7.89. The van der Waals surface area contributed by atoms with E-state index in [2.05, 4.69) is 10.0 Å². The van der Waals surface area contributed by atoms with Gasteiger partial charge in [-0.15, -0.1) is 0 Å². The Kier molecular flexibility index (Phi) is 7.37. The lowest BCUT2D eigenvalue weighted by atomic mass is 9.95. The summed E-state index contributed by atoms with van der Waals surface area (Å²) < 4.78 is 46.1. The summed E-state index contributed by atoms with van der Waals surface area (Å²) in [5.41, 5.74) is 0.945. The topological polar surface area (TPSA) is 84.5 Å².